The molecule has 0 fully saturated rings. The highest BCUT2D eigenvalue weighted by Crippen LogP contribution is 2.10. The van der Waals surface area contributed by atoms with Gasteiger partial charge in [0.05, 0.1) is 5.56 Å². The first kappa shape index (κ1) is 13.5. The molecule has 0 aliphatic carbocycles. The van der Waals surface area contributed by atoms with Gasteiger partial charge in [-0.15, -0.1) is 0 Å². The number of nitrogens with zero attached hydrogens (tertiary/aromatic N) is 1. The van der Waals surface area contributed by atoms with Crippen molar-refractivity contribution in [1.29, 1.82) is 0 Å². The molecule has 4 N–H and O–H groups in total. The van der Waals surface area contributed by atoms with E-state index >= 15 is 0 Å². The molecule has 0 bridgehead atoms. The Hall–Kier alpha value is -2.89. The van der Waals surface area contributed by atoms with Crippen LogP contribution in [0.2, 0.25) is 0 Å². The Bertz CT molecular complexity index is 598. The average molecular weight is 271 g/mol. The summed E-state index contributed by atoms with van der Waals surface area (Å²) in [6.07, 6.45) is 1.48. The monoisotopic (exact) mass is 271 g/mol. The molecular weight excluding hydrogens is 258 g/mol. The van der Waals surface area contributed by atoms with Gasteiger partial charge in [0.2, 0.25) is 5.91 Å². The van der Waals surface area contributed by atoms with Crippen LogP contribution in [0.15, 0.2) is 42.6 Å². The summed E-state index contributed by atoms with van der Waals surface area (Å²) >= 11 is 0. The second kappa shape index (κ2) is 5.83. The van der Waals surface area contributed by atoms with Gasteiger partial charge < -0.3 is 16.2 Å². The largest absolute Gasteiger partial charge is 0.478 e. The summed E-state index contributed by atoms with van der Waals surface area (Å²) in [4.78, 5) is 26.0. The normalized spacial score (nSPS) is 10.0. The molecule has 0 spiro atoms. The first-order chi connectivity index (χ1) is 9.56. The maximum Gasteiger partial charge on any atom is 0.335 e. The molecule has 20 heavy (non-hydrogen) atoms. The summed E-state index contributed by atoms with van der Waals surface area (Å²) in [7, 11) is 0. The topological polar surface area (TPSA) is 105 Å². The van der Waals surface area contributed by atoms with E-state index in [4.69, 9.17) is 10.8 Å². The fourth-order valence-corrected chi connectivity index (χ4v) is 1.69. The Morgan fingerprint density at radius 2 is 2.00 bits per heavy atom. The van der Waals surface area contributed by atoms with Crippen LogP contribution >= 0.6 is 0 Å². The molecule has 1 aromatic heterocycles. The van der Waals surface area contributed by atoms with Crippen LogP contribution in [0.1, 0.15) is 26.3 Å². The van der Waals surface area contributed by atoms with Crippen LogP contribution < -0.4 is 11.1 Å². The summed E-state index contributed by atoms with van der Waals surface area (Å²) in [6, 6.07) is 9.65. The highest BCUT2D eigenvalue weighted by Gasteiger charge is 2.04. The number of benzene rings is 1. The number of pyridine rings is 1. The second-order valence-electron chi connectivity index (χ2n) is 4.15. The number of primary amides is 1. The van der Waals surface area contributed by atoms with Crippen molar-refractivity contribution in [2.45, 2.75) is 6.54 Å². The number of amides is 1. The summed E-state index contributed by atoms with van der Waals surface area (Å²) in [5.41, 5.74) is 6.57. The first-order valence-corrected chi connectivity index (χ1v) is 5.88. The lowest BCUT2D eigenvalue weighted by Crippen LogP contribution is -2.12. The van der Waals surface area contributed by atoms with Gasteiger partial charge in [-0.05, 0) is 29.8 Å². The van der Waals surface area contributed by atoms with Crippen LogP contribution in [0.4, 0.5) is 5.82 Å². The number of nitrogens with two attached hydrogens (primary N) is 1. The van der Waals surface area contributed by atoms with Crippen molar-refractivity contribution in [2.75, 3.05) is 5.32 Å². The number of carboxylic acid groups (broad SMARTS) is 1. The van der Waals surface area contributed by atoms with Gasteiger partial charge in [-0.1, -0.05) is 12.1 Å². The van der Waals surface area contributed by atoms with Crippen molar-refractivity contribution >= 4 is 17.7 Å². The van der Waals surface area contributed by atoms with Crippen molar-refractivity contribution in [3.05, 3.63) is 59.3 Å². The van der Waals surface area contributed by atoms with Crippen molar-refractivity contribution < 1.29 is 14.7 Å². The van der Waals surface area contributed by atoms with Crippen LogP contribution in [-0.4, -0.2) is 22.0 Å². The number of nitrogens with one attached hydrogen (secondary N) is 1. The number of hydrogen-bond donors (Lipinski definition) is 3. The van der Waals surface area contributed by atoms with Crippen LogP contribution in [-0.2, 0) is 6.54 Å². The standard InChI is InChI=1S/C14H13N3O3/c15-13(18)10-4-5-16-12(7-10)17-8-9-2-1-3-11(6-9)14(19)20/h1-7H,8H2,(H2,15,18)(H,16,17)(H,19,20). The molecule has 0 aliphatic heterocycles. The highest BCUT2D eigenvalue weighted by molar-refractivity contribution is 5.93. The number of aromatic carboxylic acids is 1. The average Bonchev–Trinajstić information content (AvgIpc) is 2.45. The molecule has 0 radical (unpaired) electrons. The van der Waals surface area contributed by atoms with E-state index in [1.165, 1.54) is 18.3 Å². The number of hydrogen-bond acceptors (Lipinski definition) is 4. The molecule has 0 aliphatic rings. The zero-order chi connectivity index (χ0) is 14.5. The zero-order valence-electron chi connectivity index (χ0n) is 10.5. The maximum absolute atomic E-state index is 11.0. The molecule has 1 amide bonds. The van der Waals surface area contributed by atoms with Gasteiger partial charge in [0.1, 0.15) is 5.82 Å². The van der Waals surface area contributed by atoms with Crippen molar-refractivity contribution in [1.82, 2.24) is 4.98 Å². The van der Waals surface area contributed by atoms with Crippen LogP contribution in [0, 0.1) is 0 Å². The first-order valence-electron chi connectivity index (χ1n) is 5.88. The highest BCUT2D eigenvalue weighted by atomic mass is 16.4. The van der Waals surface area contributed by atoms with E-state index in [1.54, 1.807) is 24.3 Å². The van der Waals surface area contributed by atoms with E-state index in [1.807, 2.05) is 0 Å². The second-order valence-corrected chi connectivity index (χ2v) is 4.15. The molecule has 2 aromatic rings. The Kier molecular flexibility index (Phi) is 3.95. The molecule has 0 unspecified atom stereocenters. The van der Waals surface area contributed by atoms with E-state index in [9.17, 15) is 9.59 Å². The smallest absolute Gasteiger partial charge is 0.335 e. The van der Waals surface area contributed by atoms with Gasteiger partial charge in [-0.25, -0.2) is 9.78 Å². The number of aromatic nitrogens is 1. The van der Waals surface area contributed by atoms with E-state index in [-0.39, 0.29) is 5.56 Å². The van der Waals surface area contributed by atoms with Crippen LogP contribution in [0.3, 0.4) is 0 Å². The van der Waals surface area contributed by atoms with Gasteiger partial charge in [0.25, 0.3) is 0 Å². The molecule has 0 atom stereocenters. The Balaban J connectivity index is 2.08. The maximum atomic E-state index is 11.0. The number of rotatable bonds is 5. The summed E-state index contributed by atoms with van der Waals surface area (Å²) in [6.45, 7) is 0.399. The van der Waals surface area contributed by atoms with E-state index in [2.05, 4.69) is 10.3 Å². The van der Waals surface area contributed by atoms with Crippen LogP contribution in [0.5, 0.6) is 0 Å². The minimum atomic E-state index is -0.972. The van der Waals surface area contributed by atoms with E-state index in [0.29, 0.717) is 17.9 Å². The van der Waals surface area contributed by atoms with Gasteiger partial charge in [0, 0.05) is 18.3 Å². The minimum Gasteiger partial charge on any atom is -0.478 e. The van der Waals surface area contributed by atoms with Crippen molar-refractivity contribution in [3.8, 4) is 0 Å². The molecule has 0 saturated heterocycles. The lowest BCUT2D eigenvalue weighted by molar-refractivity contribution is 0.0696. The SMILES string of the molecule is NC(=O)c1ccnc(NCc2cccc(C(=O)O)c2)c1. The third-order valence-corrected chi connectivity index (χ3v) is 2.69. The zero-order valence-corrected chi connectivity index (χ0v) is 10.5. The summed E-state index contributed by atoms with van der Waals surface area (Å²) < 4.78 is 0. The van der Waals surface area contributed by atoms with Crippen molar-refractivity contribution in [3.63, 3.8) is 0 Å². The molecule has 102 valence electrons. The van der Waals surface area contributed by atoms with Gasteiger partial charge >= 0.3 is 5.97 Å². The summed E-state index contributed by atoms with van der Waals surface area (Å²) in [5, 5.41) is 11.9. The fraction of sp³-hybridized carbons (Fsp3) is 0.0714. The molecule has 2 rings (SSSR count). The summed E-state index contributed by atoms with van der Waals surface area (Å²) in [5.74, 6) is -0.994. The van der Waals surface area contributed by atoms with E-state index in [0.717, 1.165) is 5.56 Å². The lowest BCUT2D eigenvalue weighted by Gasteiger charge is -2.07. The van der Waals surface area contributed by atoms with Gasteiger partial charge in [-0.3, -0.25) is 4.79 Å². The van der Waals surface area contributed by atoms with Gasteiger partial charge in [0.15, 0.2) is 0 Å². The third kappa shape index (κ3) is 3.32. The predicted octanol–water partition coefficient (Wildman–Crippen LogP) is 1.49. The molecule has 6 nitrogen and oxygen atoms in total. The predicted molar refractivity (Wildman–Crippen MR) is 73.5 cm³/mol. The Morgan fingerprint density at radius 3 is 2.70 bits per heavy atom. The quantitative estimate of drug-likeness (QED) is 0.764. The molecular formula is C14H13N3O3. The molecule has 6 heteroatoms. The third-order valence-electron chi connectivity index (χ3n) is 2.69. The minimum absolute atomic E-state index is 0.225. The number of carbonyl (C=O) groups is 2. The Morgan fingerprint density at radius 1 is 1.20 bits per heavy atom. The number of anilines is 1. The number of carboxylic acids is 1. The molecule has 1 heterocycles. The van der Waals surface area contributed by atoms with Gasteiger partial charge in [-0.2, -0.15) is 0 Å². The fourth-order valence-electron chi connectivity index (χ4n) is 1.69. The van der Waals surface area contributed by atoms with Crippen molar-refractivity contribution in [2.24, 2.45) is 5.73 Å². The molecule has 0 saturated carbocycles. The molecule has 1 aromatic carbocycles. The van der Waals surface area contributed by atoms with E-state index < -0.39 is 11.9 Å². The lowest BCUT2D eigenvalue weighted by atomic mass is 10.1. The Labute approximate surface area is 115 Å². The number of carbonyl (C=O) groups excluding carboxylic acids is 1. The van der Waals surface area contributed by atoms with Crippen LogP contribution in [0.25, 0.3) is 0 Å².